The van der Waals surface area contributed by atoms with E-state index in [0.29, 0.717) is 11.3 Å². The summed E-state index contributed by atoms with van der Waals surface area (Å²) in [5, 5.41) is 0. The monoisotopic (exact) mass is 248 g/mol. The van der Waals surface area contributed by atoms with Crippen LogP contribution in [0.15, 0.2) is 18.2 Å². The number of rotatable bonds is 5. The van der Waals surface area contributed by atoms with Gasteiger partial charge in [-0.15, -0.1) is 0 Å². The van der Waals surface area contributed by atoms with E-state index in [-0.39, 0.29) is 12.7 Å². The van der Waals surface area contributed by atoms with Gasteiger partial charge in [0, 0.05) is 0 Å². The molecule has 4 heteroatoms. The molecule has 0 amide bonds. The molecule has 0 spiro atoms. The molecule has 4 nitrogen and oxygen atoms in total. The summed E-state index contributed by atoms with van der Waals surface area (Å²) in [7, 11) is 0. The van der Waals surface area contributed by atoms with Crippen LogP contribution in [0, 0.1) is 6.92 Å². The Labute approximate surface area is 106 Å². The fourth-order valence-corrected chi connectivity index (χ4v) is 1.60. The highest BCUT2D eigenvalue weighted by Gasteiger charge is 2.27. The van der Waals surface area contributed by atoms with E-state index in [0.717, 1.165) is 18.4 Å². The van der Waals surface area contributed by atoms with E-state index in [1.807, 2.05) is 13.0 Å². The van der Waals surface area contributed by atoms with Crippen LogP contribution >= 0.6 is 0 Å². The number of benzene rings is 1. The molecular weight excluding hydrogens is 232 g/mol. The first kappa shape index (κ1) is 12.6. The Hall–Kier alpha value is -1.84. The Morgan fingerprint density at radius 3 is 2.67 bits per heavy atom. The van der Waals surface area contributed by atoms with Crippen molar-refractivity contribution in [3.63, 3.8) is 0 Å². The van der Waals surface area contributed by atoms with Crippen LogP contribution in [0.1, 0.15) is 35.7 Å². The lowest BCUT2D eigenvalue weighted by atomic mass is 10.1. The Morgan fingerprint density at radius 1 is 1.33 bits per heavy atom. The van der Waals surface area contributed by atoms with Crippen molar-refractivity contribution in [1.29, 1.82) is 0 Å². The predicted molar refractivity (Wildman–Crippen MR) is 65.8 cm³/mol. The van der Waals surface area contributed by atoms with Crippen molar-refractivity contribution in [2.75, 3.05) is 6.61 Å². The zero-order chi connectivity index (χ0) is 13.1. The quantitative estimate of drug-likeness (QED) is 0.455. The topological polar surface area (TPSA) is 52.6 Å². The van der Waals surface area contributed by atoms with Gasteiger partial charge in [-0.25, -0.2) is 4.79 Å². The summed E-state index contributed by atoms with van der Waals surface area (Å²) in [4.78, 5) is 23.4. The van der Waals surface area contributed by atoms with E-state index in [1.165, 1.54) is 0 Å². The van der Waals surface area contributed by atoms with Crippen LogP contribution in [0.25, 0.3) is 0 Å². The maximum absolute atomic E-state index is 12.0. The zero-order valence-electron chi connectivity index (χ0n) is 10.6. The van der Waals surface area contributed by atoms with Gasteiger partial charge in [0.2, 0.25) is 0 Å². The fraction of sp³-hybridized carbons (Fsp3) is 0.429. The SMILES string of the molecule is CCOC(=O)C(=O)c1cc(C)ccc1OC1CC1. The predicted octanol–water partition coefficient (Wildman–Crippen LogP) is 2.28. The summed E-state index contributed by atoms with van der Waals surface area (Å²) in [5.41, 5.74) is 1.20. The van der Waals surface area contributed by atoms with Gasteiger partial charge in [-0.05, 0) is 38.8 Å². The summed E-state index contributed by atoms with van der Waals surface area (Å²) >= 11 is 0. The number of hydrogen-bond donors (Lipinski definition) is 0. The van der Waals surface area contributed by atoms with Crippen LogP contribution < -0.4 is 4.74 Å². The van der Waals surface area contributed by atoms with Gasteiger partial charge >= 0.3 is 5.97 Å². The molecule has 0 atom stereocenters. The molecule has 0 N–H and O–H groups in total. The second-order valence-electron chi connectivity index (χ2n) is 4.37. The van der Waals surface area contributed by atoms with Gasteiger partial charge in [0.25, 0.3) is 5.78 Å². The summed E-state index contributed by atoms with van der Waals surface area (Å²) in [6.07, 6.45) is 2.18. The van der Waals surface area contributed by atoms with E-state index < -0.39 is 11.8 Å². The van der Waals surface area contributed by atoms with Crippen LogP contribution in [0.4, 0.5) is 0 Å². The molecule has 96 valence electrons. The molecule has 0 unspecified atom stereocenters. The molecule has 0 aromatic heterocycles. The van der Waals surface area contributed by atoms with Gasteiger partial charge in [-0.1, -0.05) is 11.6 Å². The maximum Gasteiger partial charge on any atom is 0.379 e. The number of ketones is 1. The number of hydrogen-bond acceptors (Lipinski definition) is 4. The van der Waals surface area contributed by atoms with Crippen molar-refractivity contribution in [1.82, 2.24) is 0 Å². The highest BCUT2D eigenvalue weighted by atomic mass is 16.5. The second kappa shape index (κ2) is 5.21. The lowest BCUT2D eigenvalue weighted by Crippen LogP contribution is -2.19. The number of ether oxygens (including phenoxy) is 2. The summed E-state index contributed by atoms with van der Waals surface area (Å²) in [5.74, 6) is -0.999. The molecule has 0 bridgehead atoms. The summed E-state index contributed by atoms with van der Waals surface area (Å²) < 4.78 is 10.4. The zero-order valence-corrected chi connectivity index (χ0v) is 10.6. The molecule has 1 aliphatic carbocycles. The number of Topliss-reactive ketones (excluding diaryl/α,β-unsaturated/α-hetero) is 1. The van der Waals surface area contributed by atoms with Gasteiger partial charge in [0.15, 0.2) is 0 Å². The van der Waals surface area contributed by atoms with E-state index >= 15 is 0 Å². The van der Waals surface area contributed by atoms with E-state index in [4.69, 9.17) is 9.47 Å². The van der Waals surface area contributed by atoms with Crippen LogP contribution in [-0.2, 0) is 9.53 Å². The lowest BCUT2D eigenvalue weighted by molar-refractivity contribution is -0.137. The van der Waals surface area contributed by atoms with Crippen LogP contribution in [0.2, 0.25) is 0 Å². The Balaban J connectivity index is 2.25. The summed E-state index contributed by atoms with van der Waals surface area (Å²) in [6, 6.07) is 5.26. The molecule has 0 aliphatic heterocycles. The Kier molecular flexibility index (Phi) is 3.65. The van der Waals surface area contributed by atoms with Crippen molar-refractivity contribution in [2.24, 2.45) is 0 Å². The lowest BCUT2D eigenvalue weighted by Gasteiger charge is -2.10. The molecule has 1 saturated carbocycles. The minimum Gasteiger partial charge on any atom is -0.490 e. The molecule has 1 aromatic rings. The third kappa shape index (κ3) is 2.88. The number of carbonyl (C=O) groups excluding carboxylic acids is 2. The van der Waals surface area contributed by atoms with Crippen molar-refractivity contribution in [3.8, 4) is 5.75 Å². The first-order valence-electron chi connectivity index (χ1n) is 6.10. The first-order chi connectivity index (χ1) is 8.61. The molecule has 0 heterocycles. The summed E-state index contributed by atoms with van der Waals surface area (Å²) in [6.45, 7) is 3.72. The highest BCUT2D eigenvalue weighted by molar-refractivity contribution is 6.41. The average Bonchev–Trinajstić information content (AvgIpc) is 3.15. The third-order valence-corrected chi connectivity index (χ3v) is 2.66. The Bertz CT molecular complexity index is 475. The van der Waals surface area contributed by atoms with Gasteiger partial charge in [0.1, 0.15) is 5.75 Å². The maximum atomic E-state index is 12.0. The third-order valence-electron chi connectivity index (χ3n) is 2.66. The molecule has 2 rings (SSSR count). The van der Waals surface area contributed by atoms with Crippen LogP contribution in [-0.4, -0.2) is 24.5 Å². The van der Waals surface area contributed by atoms with Gasteiger partial charge in [0.05, 0.1) is 18.3 Å². The van der Waals surface area contributed by atoms with E-state index in [2.05, 4.69) is 0 Å². The normalized spacial score (nSPS) is 14.1. The van der Waals surface area contributed by atoms with Gasteiger partial charge in [-0.3, -0.25) is 4.79 Å². The minimum atomic E-state index is -0.830. The molecule has 1 fully saturated rings. The Morgan fingerprint density at radius 2 is 2.06 bits per heavy atom. The van der Waals surface area contributed by atoms with Crippen LogP contribution in [0.5, 0.6) is 5.75 Å². The second-order valence-corrected chi connectivity index (χ2v) is 4.37. The van der Waals surface area contributed by atoms with Crippen molar-refractivity contribution < 1.29 is 19.1 Å². The smallest absolute Gasteiger partial charge is 0.379 e. The molecule has 1 aromatic carbocycles. The van der Waals surface area contributed by atoms with Crippen molar-refractivity contribution >= 4 is 11.8 Å². The van der Waals surface area contributed by atoms with Crippen molar-refractivity contribution in [2.45, 2.75) is 32.8 Å². The molecule has 0 saturated heterocycles. The van der Waals surface area contributed by atoms with Crippen LogP contribution in [0.3, 0.4) is 0 Å². The van der Waals surface area contributed by atoms with Gasteiger partial charge in [-0.2, -0.15) is 0 Å². The van der Waals surface area contributed by atoms with Gasteiger partial charge < -0.3 is 9.47 Å². The number of esters is 1. The number of carbonyl (C=O) groups is 2. The largest absolute Gasteiger partial charge is 0.490 e. The van der Waals surface area contributed by atoms with E-state index in [1.54, 1.807) is 19.1 Å². The standard InChI is InChI=1S/C14H16O4/c1-3-17-14(16)13(15)11-8-9(2)4-7-12(11)18-10-5-6-10/h4,7-8,10H,3,5-6H2,1-2H3. The van der Waals surface area contributed by atoms with E-state index in [9.17, 15) is 9.59 Å². The molecule has 0 radical (unpaired) electrons. The van der Waals surface area contributed by atoms with Crippen molar-refractivity contribution in [3.05, 3.63) is 29.3 Å². The average molecular weight is 248 g/mol. The number of aryl methyl sites for hydroxylation is 1. The fourth-order valence-electron chi connectivity index (χ4n) is 1.60. The minimum absolute atomic E-state index is 0.182. The molecule has 1 aliphatic rings. The first-order valence-corrected chi connectivity index (χ1v) is 6.10. The molecular formula is C14H16O4. The molecule has 18 heavy (non-hydrogen) atoms. The highest BCUT2D eigenvalue weighted by Crippen LogP contribution is 2.30.